The summed E-state index contributed by atoms with van der Waals surface area (Å²) in [5, 5.41) is 15.8. The molecule has 8 heteroatoms. The van der Waals surface area contributed by atoms with Crippen LogP contribution in [0.15, 0.2) is 5.16 Å². The maximum Gasteiger partial charge on any atom is 0.323 e. The van der Waals surface area contributed by atoms with Crippen molar-refractivity contribution >= 4 is 17.7 Å². The number of methoxy groups -OCH3 is 1. The minimum atomic E-state index is -0.330. The number of nitrogens with one attached hydrogen (secondary N) is 1. The van der Waals surface area contributed by atoms with Gasteiger partial charge in [-0.05, 0) is 29.8 Å². The van der Waals surface area contributed by atoms with Crippen LogP contribution in [0, 0.1) is 0 Å². The molecule has 0 aromatic carbocycles. The fourth-order valence-electron chi connectivity index (χ4n) is 2.42. The van der Waals surface area contributed by atoms with Gasteiger partial charge in [-0.25, -0.2) is 4.68 Å². The van der Waals surface area contributed by atoms with E-state index in [0.29, 0.717) is 18.3 Å². The van der Waals surface area contributed by atoms with Gasteiger partial charge in [-0.15, -0.1) is 5.10 Å². The number of rotatable bonds is 7. The number of likely N-dealkylation sites (N-methyl/N-ethyl adjacent to an activating group) is 1. The minimum absolute atomic E-state index is 0.251. The second-order valence-electron chi connectivity index (χ2n) is 4.79. The molecule has 0 amide bonds. The second-order valence-corrected chi connectivity index (χ2v) is 5.78. The van der Waals surface area contributed by atoms with Crippen LogP contribution in [-0.4, -0.2) is 51.6 Å². The van der Waals surface area contributed by atoms with Crippen molar-refractivity contribution in [2.75, 3.05) is 19.4 Å². The molecule has 1 aromatic heterocycles. The van der Waals surface area contributed by atoms with Gasteiger partial charge < -0.3 is 10.1 Å². The molecule has 1 fully saturated rings. The minimum Gasteiger partial charge on any atom is -0.468 e. The van der Waals surface area contributed by atoms with Gasteiger partial charge in [0.1, 0.15) is 6.04 Å². The molecular weight excluding hydrogens is 278 g/mol. The summed E-state index contributed by atoms with van der Waals surface area (Å²) in [7, 11) is 1.40. The van der Waals surface area contributed by atoms with Crippen LogP contribution < -0.4 is 5.32 Å². The van der Waals surface area contributed by atoms with Crippen LogP contribution in [0.5, 0.6) is 0 Å². The number of esters is 1. The average molecular weight is 299 g/mol. The molecule has 0 bridgehead atoms. The Kier molecular flexibility index (Phi) is 5.78. The van der Waals surface area contributed by atoms with Gasteiger partial charge in [0, 0.05) is 5.75 Å². The number of hydrogen-bond acceptors (Lipinski definition) is 7. The van der Waals surface area contributed by atoms with E-state index >= 15 is 0 Å². The molecule has 0 spiro atoms. The summed E-state index contributed by atoms with van der Waals surface area (Å²) in [6, 6.07) is 0.0759. The maximum atomic E-state index is 11.6. The van der Waals surface area contributed by atoms with Crippen LogP contribution in [0.25, 0.3) is 0 Å². The Morgan fingerprint density at radius 1 is 1.55 bits per heavy atom. The van der Waals surface area contributed by atoms with Crippen LogP contribution in [0.1, 0.15) is 38.6 Å². The molecule has 2 rings (SSSR count). The first kappa shape index (κ1) is 15.2. The highest BCUT2D eigenvalue weighted by atomic mass is 32.2. The fraction of sp³-hybridized carbons (Fsp3) is 0.833. The quantitative estimate of drug-likeness (QED) is 0.595. The Bertz CT molecular complexity index is 433. The number of carbonyl (C=O) groups is 1. The molecule has 20 heavy (non-hydrogen) atoms. The normalized spacial score (nSPS) is 17.3. The second kappa shape index (κ2) is 7.58. The van der Waals surface area contributed by atoms with E-state index in [1.165, 1.54) is 31.7 Å². The molecule has 0 radical (unpaired) electrons. The van der Waals surface area contributed by atoms with E-state index < -0.39 is 0 Å². The van der Waals surface area contributed by atoms with Crippen molar-refractivity contribution < 1.29 is 9.53 Å². The van der Waals surface area contributed by atoms with Gasteiger partial charge >= 0.3 is 5.97 Å². The van der Waals surface area contributed by atoms with Crippen molar-refractivity contribution in [3.8, 4) is 0 Å². The molecule has 1 aliphatic carbocycles. The molecule has 0 aliphatic heterocycles. The van der Waals surface area contributed by atoms with Gasteiger partial charge in [-0.1, -0.05) is 31.5 Å². The summed E-state index contributed by atoms with van der Waals surface area (Å²) in [6.45, 7) is 2.68. The van der Waals surface area contributed by atoms with Crippen LogP contribution >= 0.6 is 11.8 Å². The van der Waals surface area contributed by atoms with Gasteiger partial charge in [0.25, 0.3) is 0 Å². The highest BCUT2D eigenvalue weighted by Crippen LogP contribution is 2.31. The predicted molar refractivity (Wildman–Crippen MR) is 75.5 cm³/mol. The number of carbonyl (C=O) groups excluding carboxylic acids is 1. The van der Waals surface area contributed by atoms with Gasteiger partial charge in [0.15, 0.2) is 0 Å². The average Bonchev–Trinajstić information content (AvgIpc) is 3.12. The first-order valence-electron chi connectivity index (χ1n) is 6.98. The number of nitrogens with zero attached hydrogens (tertiary/aromatic N) is 4. The van der Waals surface area contributed by atoms with Gasteiger partial charge in [-0.3, -0.25) is 4.79 Å². The standard InChI is InChI=1S/C12H21N5O2S/c1-3-13-10(11(18)19-2)8-20-12-14-15-16-17(12)9-6-4-5-7-9/h9-10,13H,3-8H2,1-2H3. The summed E-state index contributed by atoms with van der Waals surface area (Å²) in [4.78, 5) is 11.6. The number of thioether (sulfide) groups is 1. The zero-order valence-corrected chi connectivity index (χ0v) is 12.7. The van der Waals surface area contributed by atoms with E-state index in [-0.39, 0.29) is 12.0 Å². The van der Waals surface area contributed by atoms with E-state index in [0.717, 1.165) is 18.0 Å². The van der Waals surface area contributed by atoms with E-state index in [9.17, 15) is 4.79 Å². The number of aromatic nitrogens is 4. The lowest BCUT2D eigenvalue weighted by Crippen LogP contribution is -2.39. The monoisotopic (exact) mass is 299 g/mol. The molecule has 112 valence electrons. The Morgan fingerprint density at radius 3 is 2.95 bits per heavy atom. The third-order valence-electron chi connectivity index (χ3n) is 3.45. The number of hydrogen-bond donors (Lipinski definition) is 1. The molecule has 1 aliphatic rings. The Labute approximate surface area is 122 Å². The van der Waals surface area contributed by atoms with Crippen LogP contribution in [0.4, 0.5) is 0 Å². The molecule has 1 unspecified atom stereocenters. The summed E-state index contributed by atoms with van der Waals surface area (Å²) in [5.74, 6) is 0.312. The number of tetrazole rings is 1. The zero-order valence-electron chi connectivity index (χ0n) is 11.9. The van der Waals surface area contributed by atoms with Crippen molar-refractivity contribution in [2.24, 2.45) is 0 Å². The fourth-order valence-corrected chi connectivity index (χ4v) is 3.40. The molecule has 1 heterocycles. The van der Waals surface area contributed by atoms with Gasteiger partial charge in [0.2, 0.25) is 5.16 Å². The summed E-state index contributed by atoms with van der Waals surface area (Å²) >= 11 is 1.50. The van der Waals surface area contributed by atoms with E-state index in [1.807, 2.05) is 11.6 Å². The summed E-state index contributed by atoms with van der Waals surface area (Å²) in [6.07, 6.45) is 4.73. The first-order valence-corrected chi connectivity index (χ1v) is 7.96. The lowest BCUT2D eigenvalue weighted by molar-refractivity contribution is -0.142. The summed E-state index contributed by atoms with van der Waals surface area (Å²) < 4.78 is 6.69. The molecule has 0 saturated heterocycles. The predicted octanol–water partition coefficient (Wildman–Crippen LogP) is 1.03. The largest absolute Gasteiger partial charge is 0.468 e. The van der Waals surface area contributed by atoms with Crippen LogP contribution in [0.2, 0.25) is 0 Å². The van der Waals surface area contributed by atoms with E-state index in [2.05, 4.69) is 20.8 Å². The van der Waals surface area contributed by atoms with Crippen molar-refractivity contribution in [3.05, 3.63) is 0 Å². The highest BCUT2D eigenvalue weighted by Gasteiger charge is 2.24. The highest BCUT2D eigenvalue weighted by molar-refractivity contribution is 7.99. The van der Waals surface area contributed by atoms with Crippen molar-refractivity contribution in [1.82, 2.24) is 25.5 Å². The van der Waals surface area contributed by atoms with Gasteiger partial charge in [0.05, 0.1) is 13.2 Å². The Hall–Kier alpha value is -1.15. The number of ether oxygens (including phenoxy) is 1. The van der Waals surface area contributed by atoms with E-state index in [4.69, 9.17) is 4.74 Å². The van der Waals surface area contributed by atoms with E-state index in [1.54, 1.807) is 0 Å². The lowest BCUT2D eigenvalue weighted by atomic mass is 10.3. The Morgan fingerprint density at radius 2 is 2.30 bits per heavy atom. The SMILES string of the molecule is CCNC(CSc1nnnn1C1CCCC1)C(=O)OC. The van der Waals surface area contributed by atoms with Crippen LogP contribution in [0.3, 0.4) is 0 Å². The smallest absolute Gasteiger partial charge is 0.323 e. The molecule has 7 nitrogen and oxygen atoms in total. The molecule has 1 saturated carbocycles. The van der Waals surface area contributed by atoms with Crippen molar-refractivity contribution in [1.29, 1.82) is 0 Å². The van der Waals surface area contributed by atoms with Crippen molar-refractivity contribution in [3.63, 3.8) is 0 Å². The van der Waals surface area contributed by atoms with Crippen LogP contribution in [-0.2, 0) is 9.53 Å². The lowest BCUT2D eigenvalue weighted by Gasteiger charge is -2.15. The molecule has 1 atom stereocenters. The third kappa shape index (κ3) is 3.69. The third-order valence-corrected chi connectivity index (χ3v) is 4.48. The molecule has 1 aromatic rings. The molecular formula is C12H21N5O2S. The first-order chi connectivity index (χ1) is 9.76. The Balaban J connectivity index is 1.95. The topological polar surface area (TPSA) is 81.9 Å². The molecule has 1 N–H and O–H groups in total. The maximum absolute atomic E-state index is 11.6. The summed E-state index contributed by atoms with van der Waals surface area (Å²) in [5.41, 5.74) is 0. The zero-order chi connectivity index (χ0) is 14.4. The van der Waals surface area contributed by atoms with Gasteiger partial charge in [-0.2, -0.15) is 0 Å². The van der Waals surface area contributed by atoms with Crippen molar-refractivity contribution in [2.45, 2.75) is 49.8 Å².